The average molecular weight is 257 g/mol. The zero-order chi connectivity index (χ0) is 13.1. The van der Waals surface area contributed by atoms with Crippen molar-refractivity contribution < 1.29 is 0 Å². The van der Waals surface area contributed by atoms with Gasteiger partial charge in [0, 0.05) is 36.7 Å². The van der Waals surface area contributed by atoms with Crippen LogP contribution in [-0.2, 0) is 13.0 Å². The Labute approximate surface area is 115 Å². The van der Waals surface area contributed by atoms with Crippen molar-refractivity contribution in [2.75, 3.05) is 26.2 Å². The first kappa shape index (κ1) is 12.7. The Bertz CT molecular complexity index is 536. The molecule has 2 aromatic rings. The molecule has 0 unspecified atom stereocenters. The molecule has 1 saturated heterocycles. The van der Waals surface area contributed by atoms with Crippen LogP contribution >= 0.6 is 0 Å². The van der Waals surface area contributed by atoms with Gasteiger partial charge < -0.3 is 10.3 Å². The number of aromatic nitrogens is 1. The standard InChI is InChI=1S/C16H23N3/c1-2-13-4-5-16-15(10-13)14(11-18-16)12-19-8-3-6-17-7-9-19/h4-5,10-11,17-18H,2-3,6-9,12H2,1H3. The van der Waals surface area contributed by atoms with E-state index in [0.717, 1.165) is 32.6 Å². The van der Waals surface area contributed by atoms with E-state index >= 15 is 0 Å². The molecule has 0 saturated carbocycles. The minimum absolute atomic E-state index is 1.06. The highest BCUT2D eigenvalue weighted by Gasteiger charge is 2.11. The summed E-state index contributed by atoms with van der Waals surface area (Å²) in [7, 11) is 0. The second-order valence-corrected chi connectivity index (χ2v) is 5.43. The third-order valence-corrected chi connectivity index (χ3v) is 4.07. The van der Waals surface area contributed by atoms with Crippen LogP contribution in [0.25, 0.3) is 10.9 Å². The number of benzene rings is 1. The third kappa shape index (κ3) is 2.82. The normalized spacial score (nSPS) is 17.7. The number of fused-ring (bicyclic) bond motifs is 1. The number of H-pyrrole nitrogens is 1. The van der Waals surface area contributed by atoms with Gasteiger partial charge in [0.05, 0.1) is 0 Å². The Morgan fingerprint density at radius 1 is 1.21 bits per heavy atom. The molecule has 2 N–H and O–H groups in total. The van der Waals surface area contributed by atoms with E-state index in [2.05, 4.69) is 46.5 Å². The fourth-order valence-corrected chi connectivity index (χ4v) is 2.88. The van der Waals surface area contributed by atoms with Crippen molar-refractivity contribution in [2.45, 2.75) is 26.3 Å². The van der Waals surface area contributed by atoms with Crippen LogP contribution in [0.3, 0.4) is 0 Å². The van der Waals surface area contributed by atoms with Gasteiger partial charge in [-0.25, -0.2) is 0 Å². The minimum Gasteiger partial charge on any atom is -0.361 e. The second-order valence-electron chi connectivity index (χ2n) is 5.43. The van der Waals surface area contributed by atoms with E-state index in [4.69, 9.17) is 0 Å². The highest BCUT2D eigenvalue weighted by atomic mass is 15.1. The maximum atomic E-state index is 3.46. The van der Waals surface area contributed by atoms with E-state index in [1.807, 2.05) is 0 Å². The lowest BCUT2D eigenvalue weighted by Crippen LogP contribution is -2.27. The Kier molecular flexibility index (Phi) is 3.85. The first-order valence-electron chi connectivity index (χ1n) is 7.39. The van der Waals surface area contributed by atoms with Gasteiger partial charge in [0.1, 0.15) is 0 Å². The fourth-order valence-electron chi connectivity index (χ4n) is 2.88. The number of hydrogen-bond donors (Lipinski definition) is 2. The number of aromatic amines is 1. The van der Waals surface area contributed by atoms with Crippen LogP contribution in [0.4, 0.5) is 0 Å². The van der Waals surface area contributed by atoms with Crippen molar-refractivity contribution in [3.8, 4) is 0 Å². The molecular weight excluding hydrogens is 234 g/mol. The summed E-state index contributed by atoms with van der Waals surface area (Å²) in [4.78, 5) is 5.96. The topological polar surface area (TPSA) is 31.1 Å². The predicted octanol–water partition coefficient (Wildman–Crippen LogP) is 2.53. The first-order chi connectivity index (χ1) is 9.36. The third-order valence-electron chi connectivity index (χ3n) is 4.07. The van der Waals surface area contributed by atoms with E-state index in [1.165, 1.54) is 35.0 Å². The molecule has 0 bridgehead atoms. The average Bonchev–Trinajstić information content (AvgIpc) is 2.66. The molecule has 0 spiro atoms. The molecule has 1 aliphatic rings. The summed E-state index contributed by atoms with van der Waals surface area (Å²) in [6.07, 6.45) is 4.54. The molecule has 3 heteroatoms. The molecule has 19 heavy (non-hydrogen) atoms. The molecule has 3 rings (SSSR count). The molecule has 1 fully saturated rings. The SMILES string of the molecule is CCc1ccc2[nH]cc(CN3CCCNCC3)c2c1. The van der Waals surface area contributed by atoms with Gasteiger partial charge in [-0.05, 0) is 49.2 Å². The molecule has 0 atom stereocenters. The lowest BCUT2D eigenvalue weighted by molar-refractivity contribution is 0.285. The summed E-state index contributed by atoms with van der Waals surface area (Å²) in [5.74, 6) is 0. The van der Waals surface area contributed by atoms with Crippen LogP contribution in [0.15, 0.2) is 24.4 Å². The molecule has 0 radical (unpaired) electrons. The highest BCUT2D eigenvalue weighted by Crippen LogP contribution is 2.21. The maximum absolute atomic E-state index is 3.46. The summed E-state index contributed by atoms with van der Waals surface area (Å²) < 4.78 is 0. The zero-order valence-electron chi connectivity index (χ0n) is 11.7. The minimum atomic E-state index is 1.06. The monoisotopic (exact) mass is 257 g/mol. The van der Waals surface area contributed by atoms with Gasteiger partial charge in [0.25, 0.3) is 0 Å². The summed E-state index contributed by atoms with van der Waals surface area (Å²) in [5.41, 5.74) is 4.12. The highest BCUT2D eigenvalue weighted by molar-refractivity contribution is 5.83. The van der Waals surface area contributed by atoms with Gasteiger partial charge in [0.15, 0.2) is 0 Å². The Morgan fingerprint density at radius 3 is 3.05 bits per heavy atom. The summed E-state index contributed by atoms with van der Waals surface area (Å²) >= 11 is 0. The number of rotatable bonds is 3. The summed E-state index contributed by atoms with van der Waals surface area (Å²) in [6.45, 7) is 7.91. The van der Waals surface area contributed by atoms with Crippen molar-refractivity contribution in [3.63, 3.8) is 0 Å². The van der Waals surface area contributed by atoms with E-state index in [-0.39, 0.29) is 0 Å². The van der Waals surface area contributed by atoms with E-state index in [1.54, 1.807) is 0 Å². The largest absolute Gasteiger partial charge is 0.361 e. The van der Waals surface area contributed by atoms with E-state index in [9.17, 15) is 0 Å². The summed E-state index contributed by atoms with van der Waals surface area (Å²) in [6, 6.07) is 6.78. The van der Waals surface area contributed by atoms with E-state index < -0.39 is 0 Å². The Balaban J connectivity index is 1.83. The maximum Gasteiger partial charge on any atom is 0.0457 e. The number of nitrogens with one attached hydrogen (secondary N) is 2. The lowest BCUT2D eigenvalue weighted by atomic mass is 10.1. The number of aryl methyl sites for hydroxylation is 1. The smallest absolute Gasteiger partial charge is 0.0457 e. The second kappa shape index (κ2) is 5.76. The van der Waals surface area contributed by atoms with Gasteiger partial charge in [-0.3, -0.25) is 4.90 Å². The first-order valence-corrected chi connectivity index (χ1v) is 7.39. The molecule has 3 nitrogen and oxygen atoms in total. The van der Waals surface area contributed by atoms with Crippen molar-refractivity contribution in [1.82, 2.24) is 15.2 Å². The van der Waals surface area contributed by atoms with Gasteiger partial charge in [-0.2, -0.15) is 0 Å². The van der Waals surface area contributed by atoms with Crippen LogP contribution < -0.4 is 5.32 Å². The van der Waals surface area contributed by atoms with Crippen LogP contribution in [0.1, 0.15) is 24.5 Å². The Hall–Kier alpha value is -1.32. The Morgan fingerprint density at radius 2 is 2.16 bits per heavy atom. The van der Waals surface area contributed by atoms with Crippen LogP contribution in [-0.4, -0.2) is 36.1 Å². The van der Waals surface area contributed by atoms with Crippen molar-refractivity contribution in [3.05, 3.63) is 35.5 Å². The number of hydrogen-bond acceptors (Lipinski definition) is 2. The van der Waals surface area contributed by atoms with Crippen LogP contribution in [0.2, 0.25) is 0 Å². The predicted molar refractivity (Wildman–Crippen MR) is 80.4 cm³/mol. The van der Waals surface area contributed by atoms with Crippen molar-refractivity contribution in [2.24, 2.45) is 0 Å². The van der Waals surface area contributed by atoms with Crippen molar-refractivity contribution in [1.29, 1.82) is 0 Å². The molecule has 1 aromatic heterocycles. The molecule has 0 aliphatic carbocycles. The molecular formula is C16H23N3. The van der Waals surface area contributed by atoms with Gasteiger partial charge in [0.2, 0.25) is 0 Å². The van der Waals surface area contributed by atoms with Gasteiger partial charge in [-0.1, -0.05) is 13.0 Å². The molecule has 2 heterocycles. The molecule has 1 aliphatic heterocycles. The van der Waals surface area contributed by atoms with Crippen molar-refractivity contribution >= 4 is 10.9 Å². The van der Waals surface area contributed by atoms with Gasteiger partial charge >= 0.3 is 0 Å². The molecule has 102 valence electrons. The zero-order valence-corrected chi connectivity index (χ0v) is 11.7. The number of nitrogens with zero attached hydrogens (tertiary/aromatic N) is 1. The summed E-state index contributed by atoms with van der Waals surface area (Å²) in [5, 5.41) is 4.86. The molecule has 0 amide bonds. The lowest BCUT2D eigenvalue weighted by Gasteiger charge is -2.18. The molecule has 1 aromatic carbocycles. The fraction of sp³-hybridized carbons (Fsp3) is 0.500. The van der Waals surface area contributed by atoms with Crippen LogP contribution in [0, 0.1) is 0 Å². The van der Waals surface area contributed by atoms with Gasteiger partial charge in [-0.15, -0.1) is 0 Å². The van der Waals surface area contributed by atoms with E-state index in [0.29, 0.717) is 0 Å². The van der Waals surface area contributed by atoms with Crippen LogP contribution in [0.5, 0.6) is 0 Å². The quantitative estimate of drug-likeness (QED) is 0.885.